The van der Waals surface area contributed by atoms with Gasteiger partial charge in [0.15, 0.2) is 0 Å². The largest absolute Gasteiger partial charge is 0.444 e. The lowest BCUT2D eigenvalue weighted by atomic mass is 10.1. The van der Waals surface area contributed by atoms with Gasteiger partial charge in [-0.2, -0.15) is 4.31 Å². The number of oxazole rings is 1. The average molecular weight is 401 g/mol. The minimum Gasteiger partial charge on any atom is -0.444 e. The van der Waals surface area contributed by atoms with Gasteiger partial charge in [-0.3, -0.25) is 4.98 Å². The lowest BCUT2D eigenvalue weighted by Crippen LogP contribution is -2.38. The number of benzene rings is 1. The van der Waals surface area contributed by atoms with Crippen molar-refractivity contribution in [2.24, 2.45) is 0 Å². The average Bonchev–Trinajstić information content (AvgIpc) is 3.17. The van der Waals surface area contributed by atoms with E-state index in [-0.39, 0.29) is 10.7 Å². The summed E-state index contributed by atoms with van der Waals surface area (Å²) in [5.41, 5.74) is 0.770. The van der Waals surface area contributed by atoms with Crippen LogP contribution in [0.5, 0.6) is 0 Å². The first kappa shape index (κ1) is 18.8. The molecule has 3 aromatic rings. The van der Waals surface area contributed by atoms with E-state index >= 15 is 0 Å². The van der Waals surface area contributed by atoms with Crippen LogP contribution in [0.1, 0.15) is 42.5 Å². The molecule has 1 saturated heterocycles. The molecule has 0 saturated carbocycles. The highest BCUT2D eigenvalue weighted by molar-refractivity contribution is 7.89. The van der Waals surface area contributed by atoms with Gasteiger partial charge in [0.05, 0.1) is 6.20 Å². The second-order valence-electron chi connectivity index (χ2n) is 6.79. The van der Waals surface area contributed by atoms with Crippen LogP contribution in [-0.4, -0.2) is 29.2 Å². The van der Waals surface area contributed by atoms with Crippen molar-refractivity contribution in [2.75, 3.05) is 6.54 Å². The highest BCUT2D eigenvalue weighted by atomic mass is 32.2. The molecule has 1 aliphatic heterocycles. The Balaban J connectivity index is 1.59. The van der Waals surface area contributed by atoms with Crippen molar-refractivity contribution in [1.82, 2.24) is 14.3 Å². The maximum absolute atomic E-state index is 13.4. The van der Waals surface area contributed by atoms with E-state index in [0.29, 0.717) is 31.0 Å². The van der Waals surface area contributed by atoms with E-state index in [4.69, 9.17) is 4.42 Å². The van der Waals surface area contributed by atoms with Crippen LogP contribution < -0.4 is 0 Å². The third kappa shape index (κ3) is 3.83. The Morgan fingerprint density at radius 1 is 1.18 bits per heavy atom. The van der Waals surface area contributed by atoms with Crippen LogP contribution in [0.25, 0.3) is 0 Å². The molecule has 6 nitrogen and oxygen atoms in total. The van der Waals surface area contributed by atoms with Gasteiger partial charge < -0.3 is 4.42 Å². The number of rotatable bonds is 5. The van der Waals surface area contributed by atoms with Gasteiger partial charge in [0.1, 0.15) is 22.5 Å². The summed E-state index contributed by atoms with van der Waals surface area (Å²) in [6, 6.07) is 8.98. The third-order valence-corrected chi connectivity index (χ3v) is 6.71. The minimum absolute atomic E-state index is 0.161. The van der Waals surface area contributed by atoms with Crippen LogP contribution in [0.4, 0.5) is 4.39 Å². The highest BCUT2D eigenvalue weighted by Crippen LogP contribution is 2.35. The van der Waals surface area contributed by atoms with Gasteiger partial charge in [-0.1, -0.05) is 18.6 Å². The van der Waals surface area contributed by atoms with Crippen molar-refractivity contribution in [3.63, 3.8) is 0 Å². The summed E-state index contributed by atoms with van der Waals surface area (Å²) in [5.74, 6) is 0.640. The molecule has 1 atom stereocenters. The smallest absolute Gasteiger partial charge is 0.245 e. The topological polar surface area (TPSA) is 76.3 Å². The van der Waals surface area contributed by atoms with Crippen molar-refractivity contribution in [2.45, 2.75) is 36.6 Å². The summed E-state index contributed by atoms with van der Waals surface area (Å²) in [6.07, 6.45) is 7.19. The second-order valence-corrected chi connectivity index (χ2v) is 8.68. The number of halogens is 1. The molecule has 146 valence electrons. The molecule has 2 aromatic heterocycles. The summed E-state index contributed by atoms with van der Waals surface area (Å²) < 4.78 is 46.9. The van der Waals surface area contributed by atoms with Crippen molar-refractivity contribution >= 4 is 10.0 Å². The Morgan fingerprint density at radius 2 is 2.07 bits per heavy atom. The summed E-state index contributed by atoms with van der Waals surface area (Å²) in [5, 5.41) is 0. The molecule has 28 heavy (non-hydrogen) atoms. The number of sulfonamides is 1. The Kier molecular flexibility index (Phi) is 5.23. The van der Waals surface area contributed by atoms with E-state index in [1.807, 2.05) is 6.07 Å². The van der Waals surface area contributed by atoms with Crippen LogP contribution in [0, 0.1) is 5.82 Å². The van der Waals surface area contributed by atoms with Gasteiger partial charge in [0, 0.05) is 25.4 Å². The molecular formula is C20H20FN3O3S. The predicted octanol–water partition coefficient (Wildman–Crippen LogP) is 3.72. The molecule has 0 amide bonds. The van der Waals surface area contributed by atoms with E-state index in [1.54, 1.807) is 30.6 Å². The fraction of sp³-hybridized carbons (Fsp3) is 0.300. The lowest BCUT2D eigenvalue weighted by Gasteiger charge is -2.32. The Morgan fingerprint density at radius 3 is 2.86 bits per heavy atom. The Hall–Kier alpha value is -2.58. The molecular weight excluding hydrogens is 381 g/mol. The van der Waals surface area contributed by atoms with Crippen LogP contribution in [0.2, 0.25) is 0 Å². The van der Waals surface area contributed by atoms with Crippen molar-refractivity contribution < 1.29 is 17.2 Å². The monoisotopic (exact) mass is 401 g/mol. The molecule has 0 bridgehead atoms. The summed E-state index contributed by atoms with van der Waals surface area (Å²) in [6.45, 7) is 0.406. The summed E-state index contributed by atoms with van der Waals surface area (Å²) in [4.78, 5) is 8.42. The van der Waals surface area contributed by atoms with Crippen LogP contribution >= 0.6 is 0 Å². The molecule has 1 fully saturated rings. The van der Waals surface area contributed by atoms with E-state index in [1.165, 1.54) is 22.6 Å². The number of aromatic nitrogens is 2. The third-order valence-electron chi connectivity index (χ3n) is 4.82. The fourth-order valence-corrected chi connectivity index (χ4v) is 5.10. The van der Waals surface area contributed by atoms with Crippen molar-refractivity contribution in [3.8, 4) is 0 Å². The molecule has 0 N–H and O–H groups in total. The first-order valence-electron chi connectivity index (χ1n) is 9.15. The van der Waals surface area contributed by atoms with Gasteiger partial charge in [-0.25, -0.2) is 17.8 Å². The Bertz CT molecular complexity index is 1050. The summed E-state index contributed by atoms with van der Waals surface area (Å²) in [7, 11) is -3.69. The molecule has 0 radical (unpaired) electrons. The van der Waals surface area contributed by atoms with E-state index < -0.39 is 16.1 Å². The maximum Gasteiger partial charge on any atom is 0.245 e. The first-order chi connectivity index (χ1) is 13.5. The molecule has 0 aliphatic carbocycles. The van der Waals surface area contributed by atoms with E-state index in [2.05, 4.69) is 9.97 Å². The highest BCUT2D eigenvalue weighted by Gasteiger charge is 2.37. The number of pyridine rings is 1. The van der Waals surface area contributed by atoms with Gasteiger partial charge in [-0.15, -0.1) is 0 Å². The zero-order valence-corrected chi connectivity index (χ0v) is 16.0. The predicted molar refractivity (Wildman–Crippen MR) is 100 cm³/mol. The molecule has 3 heterocycles. The Labute approximate surface area is 163 Å². The quantitative estimate of drug-likeness (QED) is 0.651. The standard InChI is InChI=1S/C20H20FN3O3S/c21-16-6-3-5-15(11-16)12-17-13-23-20(27-17)19-8-1-2-10-24(19)28(25,26)18-7-4-9-22-14-18/h3-7,9,11,13-14,19H,1-2,8,10,12H2/t19-/m1/s1. The molecule has 8 heteroatoms. The van der Waals surface area contributed by atoms with Gasteiger partial charge in [-0.05, 0) is 42.7 Å². The fourth-order valence-electron chi connectivity index (χ4n) is 3.48. The zero-order chi connectivity index (χ0) is 19.6. The SMILES string of the molecule is O=S(=O)(c1cccnc1)N1CCCC[C@@H]1c1ncc(Cc2cccc(F)c2)o1. The van der Waals surface area contributed by atoms with E-state index in [0.717, 1.165) is 18.4 Å². The molecule has 0 spiro atoms. The van der Waals surface area contributed by atoms with Crippen LogP contribution in [-0.2, 0) is 16.4 Å². The maximum atomic E-state index is 13.4. The molecule has 0 unspecified atom stereocenters. The molecule has 1 aromatic carbocycles. The number of nitrogens with zero attached hydrogens (tertiary/aromatic N) is 3. The number of hydrogen-bond acceptors (Lipinski definition) is 5. The number of hydrogen-bond donors (Lipinski definition) is 0. The van der Waals surface area contributed by atoms with Gasteiger partial charge in [0.2, 0.25) is 15.9 Å². The second kappa shape index (κ2) is 7.81. The molecule has 4 rings (SSSR count). The van der Waals surface area contributed by atoms with Crippen molar-refractivity contribution in [3.05, 3.63) is 78.0 Å². The minimum atomic E-state index is -3.69. The number of piperidine rings is 1. The lowest BCUT2D eigenvalue weighted by molar-refractivity contribution is 0.216. The van der Waals surface area contributed by atoms with E-state index in [9.17, 15) is 12.8 Å². The van der Waals surface area contributed by atoms with Crippen LogP contribution in [0.15, 0.2) is 64.3 Å². The zero-order valence-electron chi connectivity index (χ0n) is 15.2. The summed E-state index contributed by atoms with van der Waals surface area (Å²) >= 11 is 0. The molecule has 1 aliphatic rings. The van der Waals surface area contributed by atoms with Crippen LogP contribution in [0.3, 0.4) is 0 Å². The van der Waals surface area contributed by atoms with Gasteiger partial charge in [0.25, 0.3) is 0 Å². The van der Waals surface area contributed by atoms with Crippen molar-refractivity contribution in [1.29, 1.82) is 0 Å². The van der Waals surface area contributed by atoms with Gasteiger partial charge >= 0.3 is 0 Å². The normalized spacial score (nSPS) is 18.2. The first-order valence-corrected chi connectivity index (χ1v) is 10.6.